The molecule has 0 aliphatic heterocycles. The first kappa shape index (κ1) is 23.7. The van der Waals surface area contributed by atoms with Crippen LogP contribution in [0.1, 0.15) is 5.56 Å². The fourth-order valence-corrected chi connectivity index (χ4v) is 4.33. The first-order valence-electron chi connectivity index (χ1n) is 9.33. The number of carbonyl (C=O) groups excluding carboxylic acids is 1. The van der Waals surface area contributed by atoms with Crippen molar-refractivity contribution in [2.75, 3.05) is 23.8 Å². The fraction of sp³-hybridized carbons (Fsp3) is 0.136. The second-order valence-electron chi connectivity index (χ2n) is 6.75. The van der Waals surface area contributed by atoms with E-state index in [1.807, 2.05) is 6.92 Å². The number of hydrogen-bond acceptors (Lipinski definition) is 5. The summed E-state index contributed by atoms with van der Waals surface area (Å²) in [7, 11) is -2.35. The number of amides is 1. The van der Waals surface area contributed by atoms with Gasteiger partial charge in [0.25, 0.3) is 15.9 Å². The molecule has 0 aromatic heterocycles. The third-order valence-corrected chi connectivity index (χ3v) is 6.28. The van der Waals surface area contributed by atoms with Crippen molar-refractivity contribution in [3.63, 3.8) is 0 Å². The first-order chi connectivity index (χ1) is 15.2. The molecule has 0 aliphatic carbocycles. The lowest BCUT2D eigenvalue weighted by molar-refractivity contribution is -0.118. The number of nitrogens with one attached hydrogen (secondary N) is 2. The molecule has 0 radical (unpaired) electrons. The largest absolute Gasteiger partial charge is 0.495 e. The van der Waals surface area contributed by atoms with Crippen LogP contribution in [0.4, 0.5) is 11.4 Å². The predicted octanol–water partition coefficient (Wildman–Crippen LogP) is 5.13. The summed E-state index contributed by atoms with van der Waals surface area (Å²) >= 11 is 12.2. The second kappa shape index (κ2) is 10.1. The van der Waals surface area contributed by atoms with Gasteiger partial charge in [-0.3, -0.25) is 9.52 Å². The van der Waals surface area contributed by atoms with Gasteiger partial charge in [0, 0.05) is 11.4 Å². The maximum absolute atomic E-state index is 12.6. The maximum atomic E-state index is 12.6. The highest BCUT2D eigenvalue weighted by Gasteiger charge is 2.17. The van der Waals surface area contributed by atoms with E-state index < -0.39 is 15.9 Å². The summed E-state index contributed by atoms with van der Waals surface area (Å²) < 4.78 is 38.2. The highest BCUT2D eigenvalue weighted by atomic mass is 35.5. The van der Waals surface area contributed by atoms with Crippen molar-refractivity contribution in [1.82, 2.24) is 0 Å². The van der Waals surface area contributed by atoms with E-state index in [1.54, 1.807) is 42.5 Å². The molecule has 2 N–H and O–H groups in total. The van der Waals surface area contributed by atoms with Crippen LogP contribution in [0.15, 0.2) is 65.6 Å². The van der Waals surface area contributed by atoms with Crippen molar-refractivity contribution < 1.29 is 22.7 Å². The van der Waals surface area contributed by atoms with Crippen molar-refractivity contribution in [3.05, 3.63) is 76.3 Å². The van der Waals surface area contributed by atoms with Gasteiger partial charge in [0.1, 0.15) is 11.5 Å². The summed E-state index contributed by atoms with van der Waals surface area (Å²) in [6, 6.07) is 15.7. The van der Waals surface area contributed by atoms with E-state index in [4.69, 9.17) is 32.7 Å². The number of anilines is 2. The SMILES string of the molecule is COc1ccc(NC(=O)COc2ccc(S(=O)(=O)Nc3ccc(C)cc3)cc2Cl)cc1Cl. The zero-order chi connectivity index (χ0) is 23.3. The Kier molecular flexibility index (Phi) is 7.50. The van der Waals surface area contributed by atoms with Crippen molar-refractivity contribution in [2.24, 2.45) is 0 Å². The second-order valence-corrected chi connectivity index (χ2v) is 9.25. The summed E-state index contributed by atoms with van der Waals surface area (Å²) in [6.07, 6.45) is 0. The number of halogens is 2. The lowest BCUT2D eigenvalue weighted by atomic mass is 10.2. The molecule has 0 unspecified atom stereocenters. The predicted molar refractivity (Wildman–Crippen MR) is 126 cm³/mol. The van der Waals surface area contributed by atoms with Gasteiger partial charge in [-0.05, 0) is 55.5 Å². The third-order valence-electron chi connectivity index (χ3n) is 4.31. The standard InChI is InChI=1S/C22H20Cl2N2O5S/c1-14-3-5-15(6-4-14)26-32(28,29)17-8-10-21(19(24)12-17)31-13-22(27)25-16-7-9-20(30-2)18(23)11-16/h3-12,26H,13H2,1-2H3,(H,25,27). The highest BCUT2D eigenvalue weighted by molar-refractivity contribution is 7.92. The Labute approximate surface area is 196 Å². The zero-order valence-corrected chi connectivity index (χ0v) is 19.5. The van der Waals surface area contributed by atoms with Crippen molar-refractivity contribution in [1.29, 1.82) is 0 Å². The van der Waals surface area contributed by atoms with Gasteiger partial charge in [0.05, 0.1) is 22.1 Å². The molecule has 0 saturated carbocycles. The van der Waals surface area contributed by atoms with E-state index in [0.717, 1.165) is 5.56 Å². The minimum absolute atomic E-state index is 0.0345. The maximum Gasteiger partial charge on any atom is 0.262 e. The molecule has 0 spiro atoms. The minimum Gasteiger partial charge on any atom is -0.495 e. The Morgan fingerprint density at radius 1 is 0.906 bits per heavy atom. The molecular formula is C22H20Cl2N2O5S. The average Bonchev–Trinajstić information content (AvgIpc) is 2.74. The van der Waals surface area contributed by atoms with Crippen molar-refractivity contribution in [2.45, 2.75) is 11.8 Å². The Morgan fingerprint density at radius 3 is 2.16 bits per heavy atom. The topological polar surface area (TPSA) is 93.7 Å². The number of rotatable bonds is 8. The van der Waals surface area contributed by atoms with Crippen LogP contribution >= 0.6 is 23.2 Å². The summed E-state index contributed by atoms with van der Waals surface area (Å²) in [6.45, 7) is 1.57. The van der Waals surface area contributed by atoms with E-state index in [0.29, 0.717) is 22.1 Å². The van der Waals surface area contributed by atoms with E-state index >= 15 is 0 Å². The van der Waals surface area contributed by atoms with Gasteiger partial charge in [-0.25, -0.2) is 8.42 Å². The number of methoxy groups -OCH3 is 1. The molecule has 10 heteroatoms. The number of hydrogen-bond donors (Lipinski definition) is 2. The van der Waals surface area contributed by atoms with Crippen LogP contribution in [-0.4, -0.2) is 28.0 Å². The summed E-state index contributed by atoms with van der Waals surface area (Å²) in [5.41, 5.74) is 1.91. The van der Waals surface area contributed by atoms with E-state index in [9.17, 15) is 13.2 Å². The summed E-state index contributed by atoms with van der Waals surface area (Å²) in [5.74, 6) is 0.212. The van der Waals surface area contributed by atoms with Gasteiger partial charge in [0.2, 0.25) is 0 Å². The number of ether oxygens (including phenoxy) is 2. The molecule has 0 saturated heterocycles. The Bertz CT molecular complexity index is 1230. The number of benzene rings is 3. The van der Waals surface area contributed by atoms with E-state index in [2.05, 4.69) is 10.0 Å². The minimum atomic E-state index is -3.84. The fourth-order valence-electron chi connectivity index (χ4n) is 2.69. The van der Waals surface area contributed by atoms with Crippen LogP contribution < -0.4 is 19.5 Å². The molecule has 1 amide bonds. The Hall–Kier alpha value is -2.94. The molecule has 7 nitrogen and oxygen atoms in total. The van der Waals surface area contributed by atoms with Gasteiger partial charge in [-0.15, -0.1) is 0 Å². The quantitative estimate of drug-likeness (QED) is 0.452. The normalized spacial score (nSPS) is 11.0. The summed E-state index contributed by atoms with van der Waals surface area (Å²) in [5, 5.41) is 3.04. The molecule has 3 rings (SSSR count). The zero-order valence-electron chi connectivity index (χ0n) is 17.2. The third kappa shape index (κ3) is 6.06. The van der Waals surface area contributed by atoms with Crippen LogP contribution in [0.5, 0.6) is 11.5 Å². The Balaban J connectivity index is 1.63. The lowest BCUT2D eigenvalue weighted by Crippen LogP contribution is -2.20. The highest BCUT2D eigenvalue weighted by Crippen LogP contribution is 2.29. The average molecular weight is 495 g/mol. The molecule has 32 heavy (non-hydrogen) atoms. The van der Waals surface area contributed by atoms with Crippen LogP contribution in [0.2, 0.25) is 10.0 Å². The number of carbonyl (C=O) groups is 1. The van der Waals surface area contributed by atoms with Gasteiger partial charge in [-0.2, -0.15) is 0 Å². The van der Waals surface area contributed by atoms with Crippen LogP contribution in [-0.2, 0) is 14.8 Å². The van der Waals surface area contributed by atoms with Crippen molar-refractivity contribution >= 4 is 50.5 Å². The van der Waals surface area contributed by atoms with Crippen LogP contribution in [0, 0.1) is 6.92 Å². The van der Waals surface area contributed by atoms with E-state index in [-0.39, 0.29) is 22.3 Å². The van der Waals surface area contributed by atoms with Crippen LogP contribution in [0.25, 0.3) is 0 Å². The first-order valence-corrected chi connectivity index (χ1v) is 11.6. The molecule has 0 heterocycles. The Morgan fingerprint density at radius 2 is 1.53 bits per heavy atom. The smallest absolute Gasteiger partial charge is 0.262 e. The molecule has 0 fully saturated rings. The van der Waals surface area contributed by atoms with E-state index in [1.165, 1.54) is 25.3 Å². The monoisotopic (exact) mass is 494 g/mol. The number of sulfonamides is 1. The van der Waals surface area contributed by atoms with Crippen LogP contribution in [0.3, 0.4) is 0 Å². The molecule has 0 aliphatic rings. The molecule has 0 bridgehead atoms. The summed E-state index contributed by atoms with van der Waals surface area (Å²) in [4.78, 5) is 12.1. The van der Waals surface area contributed by atoms with Gasteiger partial charge in [0.15, 0.2) is 6.61 Å². The lowest BCUT2D eigenvalue weighted by Gasteiger charge is -2.12. The molecule has 3 aromatic carbocycles. The molecular weight excluding hydrogens is 475 g/mol. The van der Waals surface area contributed by atoms with Gasteiger partial charge >= 0.3 is 0 Å². The van der Waals surface area contributed by atoms with Gasteiger partial charge < -0.3 is 14.8 Å². The van der Waals surface area contributed by atoms with Crippen molar-refractivity contribution in [3.8, 4) is 11.5 Å². The molecule has 3 aromatic rings. The number of aryl methyl sites for hydroxylation is 1. The molecule has 0 atom stereocenters. The molecule has 168 valence electrons. The van der Waals surface area contributed by atoms with Gasteiger partial charge in [-0.1, -0.05) is 40.9 Å².